The van der Waals surface area contributed by atoms with E-state index in [-0.39, 0.29) is 18.8 Å². The van der Waals surface area contributed by atoms with Crippen molar-refractivity contribution in [3.8, 4) is 5.75 Å². The van der Waals surface area contributed by atoms with E-state index in [1.54, 1.807) is 17.5 Å². The first-order valence-corrected chi connectivity index (χ1v) is 7.35. The van der Waals surface area contributed by atoms with Gasteiger partial charge in [-0.15, -0.1) is 11.3 Å². The summed E-state index contributed by atoms with van der Waals surface area (Å²) in [7, 11) is 0. The van der Waals surface area contributed by atoms with Gasteiger partial charge in [0.05, 0.1) is 12.5 Å². The SMILES string of the molecule is O=C(O)C[C@@H](NC(=O)COc1cccc(F)c1)c1cccs1. The lowest BCUT2D eigenvalue weighted by Gasteiger charge is -2.15. The Labute approximate surface area is 130 Å². The van der Waals surface area contributed by atoms with Crippen molar-refractivity contribution >= 4 is 23.2 Å². The monoisotopic (exact) mass is 323 g/mol. The van der Waals surface area contributed by atoms with Crippen molar-refractivity contribution in [2.75, 3.05) is 6.61 Å². The number of carbonyl (C=O) groups excluding carboxylic acids is 1. The van der Waals surface area contributed by atoms with Gasteiger partial charge in [0.25, 0.3) is 5.91 Å². The third-order valence-electron chi connectivity index (χ3n) is 2.77. The molecule has 0 aliphatic heterocycles. The van der Waals surface area contributed by atoms with Crippen molar-refractivity contribution in [3.05, 3.63) is 52.5 Å². The lowest BCUT2D eigenvalue weighted by atomic mass is 10.1. The van der Waals surface area contributed by atoms with Crippen molar-refractivity contribution in [2.24, 2.45) is 0 Å². The van der Waals surface area contributed by atoms with E-state index in [1.807, 2.05) is 0 Å². The summed E-state index contributed by atoms with van der Waals surface area (Å²) in [4.78, 5) is 23.5. The number of carboxylic acid groups (broad SMARTS) is 1. The van der Waals surface area contributed by atoms with Crippen LogP contribution in [0.4, 0.5) is 4.39 Å². The molecule has 0 saturated carbocycles. The molecule has 1 atom stereocenters. The van der Waals surface area contributed by atoms with Gasteiger partial charge < -0.3 is 15.2 Å². The van der Waals surface area contributed by atoms with Crippen LogP contribution in [0.25, 0.3) is 0 Å². The van der Waals surface area contributed by atoms with Crippen LogP contribution in [-0.4, -0.2) is 23.6 Å². The van der Waals surface area contributed by atoms with Gasteiger partial charge in [0.1, 0.15) is 11.6 Å². The fourth-order valence-electron chi connectivity index (χ4n) is 1.83. The minimum absolute atomic E-state index is 0.216. The summed E-state index contributed by atoms with van der Waals surface area (Å²) in [5.74, 6) is -1.70. The molecule has 0 aliphatic carbocycles. The molecule has 1 aromatic carbocycles. The molecule has 22 heavy (non-hydrogen) atoms. The quantitative estimate of drug-likeness (QED) is 0.821. The molecule has 1 amide bonds. The van der Waals surface area contributed by atoms with Gasteiger partial charge in [0, 0.05) is 10.9 Å². The van der Waals surface area contributed by atoms with Crippen LogP contribution < -0.4 is 10.1 Å². The lowest BCUT2D eigenvalue weighted by Crippen LogP contribution is -2.33. The van der Waals surface area contributed by atoms with Gasteiger partial charge in [-0.1, -0.05) is 12.1 Å². The molecule has 0 bridgehead atoms. The summed E-state index contributed by atoms with van der Waals surface area (Å²) >= 11 is 1.36. The molecule has 2 rings (SSSR count). The topological polar surface area (TPSA) is 75.6 Å². The molecule has 1 heterocycles. The van der Waals surface area contributed by atoms with Crippen LogP contribution in [0.1, 0.15) is 17.3 Å². The highest BCUT2D eigenvalue weighted by molar-refractivity contribution is 7.10. The number of carbonyl (C=O) groups is 2. The maximum absolute atomic E-state index is 13.0. The fourth-order valence-corrected chi connectivity index (χ4v) is 2.61. The van der Waals surface area contributed by atoms with Crippen molar-refractivity contribution in [1.29, 1.82) is 0 Å². The molecule has 0 fully saturated rings. The molecular formula is C15H14FNO4S. The summed E-state index contributed by atoms with van der Waals surface area (Å²) in [6.45, 7) is -0.315. The number of nitrogens with one attached hydrogen (secondary N) is 1. The van der Waals surface area contributed by atoms with Crippen LogP contribution in [0.5, 0.6) is 5.75 Å². The highest BCUT2D eigenvalue weighted by atomic mass is 32.1. The number of aliphatic carboxylic acids is 1. The minimum atomic E-state index is -1.01. The Kier molecular flexibility index (Phi) is 5.48. The molecule has 116 valence electrons. The summed E-state index contributed by atoms with van der Waals surface area (Å²) in [5.41, 5.74) is 0. The molecule has 7 heteroatoms. The Morgan fingerprint density at radius 1 is 1.32 bits per heavy atom. The van der Waals surface area contributed by atoms with Crippen molar-refractivity contribution in [1.82, 2.24) is 5.32 Å². The number of carboxylic acids is 1. The summed E-state index contributed by atoms with van der Waals surface area (Å²) in [6, 6.07) is 8.37. The highest BCUT2D eigenvalue weighted by Crippen LogP contribution is 2.22. The third kappa shape index (κ3) is 4.85. The number of thiophene rings is 1. The molecule has 2 aromatic rings. The molecule has 0 radical (unpaired) electrons. The Balaban J connectivity index is 1.92. The lowest BCUT2D eigenvalue weighted by molar-refractivity contribution is -0.137. The van der Waals surface area contributed by atoms with Crippen molar-refractivity contribution in [2.45, 2.75) is 12.5 Å². The van der Waals surface area contributed by atoms with Gasteiger partial charge in [0.15, 0.2) is 6.61 Å². The van der Waals surface area contributed by atoms with Crippen LogP contribution in [0.3, 0.4) is 0 Å². The van der Waals surface area contributed by atoms with Crippen LogP contribution in [0.2, 0.25) is 0 Å². The van der Waals surface area contributed by atoms with E-state index in [4.69, 9.17) is 9.84 Å². The van der Waals surface area contributed by atoms with E-state index in [2.05, 4.69) is 5.32 Å². The smallest absolute Gasteiger partial charge is 0.305 e. The Bertz CT molecular complexity index is 645. The van der Waals surface area contributed by atoms with Gasteiger partial charge in [-0.3, -0.25) is 9.59 Å². The van der Waals surface area contributed by atoms with Gasteiger partial charge in [-0.2, -0.15) is 0 Å². The largest absolute Gasteiger partial charge is 0.484 e. The second kappa shape index (κ2) is 7.56. The number of ether oxygens (including phenoxy) is 1. The first kappa shape index (κ1) is 16.0. The highest BCUT2D eigenvalue weighted by Gasteiger charge is 2.19. The summed E-state index contributed by atoms with van der Waals surface area (Å²) in [5, 5.41) is 13.3. The van der Waals surface area contributed by atoms with E-state index in [0.29, 0.717) is 0 Å². The van der Waals surface area contributed by atoms with Crippen molar-refractivity contribution < 1.29 is 23.8 Å². The first-order chi connectivity index (χ1) is 10.5. The number of amides is 1. The standard InChI is InChI=1S/C15H14FNO4S/c16-10-3-1-4-11(7-10)21-9-14(18)17-12(8-15(19)20)13-5-2-6-22-13/h1-7,12H,8-9H2,(H,17,18)(H,19,20)/t12-/m1/s1. The molecular weight excluding hydrogens is 309 g/mol. The number of rotatable bonds is 7. The van der Waals surface area contributed by atoms with E-state index in [1.165, 1.54) is 35.6 Å². The molecule has 0 aliphatic rings. The van der Waals surface area contributed by atoms with Crippen LogP contribution in [0, 0.1) is 5.82 Å². The molecule has 5 nitrogen and oxygen atoms in total. The maximum atomic E-state index is 13.0. The van der Waals surface area contributed by atoms with Gasteiger partial charge in [-0.05, 0) is 23.6 Å². The van der Waals surface area contributed by atoms with E-state index in [9.17, 15) is 14.0 Å². The number of hydrogen-bond acceptors (Lipinski definition) is 4. The normalized spacial score (nSPS) is 11.7. The number of benzene rings is 1. The van der Waals surface area contributed by atoms with E-state index in [0.717, 1.165) is 4.88 Å². The van der Waals surface area contributed by atoms with E-state index < -0.39 is 23.7 Å². The van der Waals surface area contributed by atoms with Crippen molar-refractivity contribution in [3.63, 3.8) is 0 Å². The number of hydrogen-bond donors (Lipinski definition) is 2. The average molecular weight is 323 g/mol. The number of halogens is 1. The zero-order valence-electron chi connectivity index (χ0n) is 11.5. The Morgan fingerprint density at radius 3 is 2.77 bits per heavy atom. The zero-order chi connectivity index (χ0) is 15.9. The zero-order valence-corrected chi connectivity index (χ0v) is 12.3. The van der Waals surface area contributed by atoms with Crippen LogP contribution in [-0.2, 0) is 9.59 Å². The maximum Gasteiger partial charge on any atom is 0.305 e. The minimum Gasteiger partial charge on any atom is -0.484 e. The summed E-state index contributed by atoms with van der Waals surface area (Å²) < 4.78 is 18.2. The Hall–Kier alpha value is -2.41. The molecule has 2 N–H and O–H groups in total. The van der Waals surface area contributed by atoms with Gasteiger partial charge in [-0.25, -0.2) is 4.39 Å². The molecule has 0 saturated heterocycles. The Morgan fingerprint density at radius 2 is 2.14 bits per heavy atom. The van der Waals surface area contributed by atoms with Crippen LogP contribution >= 0.6 is 11.3 Å². The predicted molar refractivity (Wildman–Crippen MR) is 79.4 cm³/mol. The fraction of sp³-hybridized carbons (Fsp3) is 0.200. The second-order valence-electron chi connectivity index (χ2n) is 4.48. The van der Waals surface area contributed by atoms with E-state index >= 15 is 0 Å². The average Bonchev–Trinajstić information content (AvgIpc) is 2.98. The predicted octanol–water partition coefficient (Wildman–Crippen LogP) is 2.60. The molecule has 1 aromatic heterocycles. The summed E-state index contributed by atoms with van der Waals surface area (Å²) in [6.07, 6.45) is -0.216. The second-order valence-corrected chi connectivity index (χ2v) is 5.46. The molecule has 0 unspecified atom stereocenters. The first-order valence-electron chi connectivity index (χ1n) is 6.47. The van der Waals surface area contributed by atoms with Crippen LogP contribution in [0.15, 0.2) is 41.8 Å². The van der Waals surface area contributed by atoms with Gasteiger partial charge >= 0.3 is 5.97 Å². The third-order valence-corrected chi connectivity index (χ3v) is 3.75. The molecule has 0 spiro atoms. The van der Waals surface area contributed by atoms with Gasteiger partial charge in [0.2, 0.25) is 0 Å².